The molecule has 1 aromatic carbocycles. The van der Waals surface area contributed by atoms with Gasteiger partial charge in [-0.25, -0.2) is 4.39 Å². The zero-order valence-electron chi connectivity index (χ0n) is 16.5. The summed E-state index contributed by atoms with van der Waals surface area (Å²) in [6.45, 7) is 7.23. The molecule has 2 atom stereocenters. The van der Waals surface area contributed by atoms with Crippen LogP contribution in [-0.2, 0) is 11.2 Å². The molecule has 2 unspecified atom stereocenters. The SMILES string of the molecule is CCc1c(C(C)CC)cc(C(CNC=O)C2CC2)nc1-c1ccc(F)cc1. The first-order chi connectivity index (χ1) is 13.1. The van der Waals surface area contributed by atoms with Gasteiger partial charge in [0.05, 0.1) is 5.69 Å². The summed E-state index contributed by atoms with van der Waals surface area (Å²) in [4.78, 5) is 15.9. The largest absolute Gasteiger partial charge is 0.358 e. The minimum atomic E-state index is -0.235. The lowest BCUT2D eigenvalue weighted by Crippen LogP contribution is -2.23. The van der Waals surface area contributed by atoms with Gasteiger partial charge in [0.1, 0.15) is 5.82 Å². The van der Waals surface area contributed by atoms with E-state index in [-0.39, 0.29) is 11.7 Å². The Morgan fingerprint density at radius 2 is 1.96 bits per heavy atom. The van der Waals surface area contributed by atoms with E-state index in [0.29, 0.717) is 18.4 Å². The highest BCUT2D eigenvalue weighted by atomic mass is 19.1. The first-order valence-corrected chi connectivity index (χ1v) is 10.1. The lowest BCUT2D eigenvalue weighted by atomic mass is 9.87. The standard InChI is InChI=1S/C23H29FN2O/c1-4-15(3)20-12-22(21(13-25-14-27)16-6-7-16)26-23(19(20)5-2)17-8-10-18(24)11-9-17/h8-12,14-16,21H,4-7,13H2,1-3H3,(H,25,27). The highest BCUT2D eigenvalue weighted by molar-refractivity contribution is 5.65. The number of amides is 1. The highest BCUT2D eigenvalue weighted by Gasteiger charge is 2.34. The van der Waals surface area contributed by atoms with Crippen LogP contribution in [0.5, 0.6) is 0 Å². The minimum absolute atomic E-state index is 0.235. The Morgan fingerprint density at radius 3 is 2.52 bits per heavy atom. The van der Waals surface area contributed by atoms with Gasteiger partial charge in [-0.3, -0.25) is 9.78 Å². The molecule has 1 aromatic heterocycles. The number of rotatable bonds is 9. The van der Waals surface area contributed by atoms with E-state index >= 15 is 0 Å². The van der Waals surface area contributed by atoms with Crippen molar-refractivity contribution in [2.24, 2.45) is 5.92 Å². The van der Waals surface area contributed by atoms with Gasteiger partial charge in [0.2, 0.25) is 6.41 Å². The van der Waals surface area contributed by atoms with E-state index in [1.807, 2.05) is 12.1 Å². The van der Waals surface area contributed by atoms with Gasteiger partial charge in [-0.2, -0.15) is 0 Å². The molecule has 4 heteroatoms. The van der Waals surface area contributed by atoms with E-state index in [9.17, 15) is 9.18 Å². The molecule has 0 bridgehead atoms. The van der Waals surface area contributed by atoms with Crippen LogP contribution in [0.1, 0.15) is 68.7 Å². The van der Waals surface area contributed by atoms with Gasteiger partial charge >= 0.3 is 0 Å². The number of hydrogen-bond acceptors (Lipinski definition) is 2. The second-order valence-electron chi connectivity index (χ2n) is 7.60. The van der Waals surface area contributed by atoms with Crippen LogP contribution in [0, 0.1) is 11.7 Å². The van der Waals surface area contributed by atoms with Crippen molar-refractivity contribution < 1.29 is 9.18 Å². The predicted molar refractivity (Wildman–Crippen MR) is 107 cm³/mol. The summed E-state index contributed by atoms with van der Waals surface area (Å²) in [6.07, 6.45) is 5.09. The first-order valence-electron chi connectivity index (χ1n) is 10.1. The smallest absolute Gasteiger partial charge is 0.207 e. The molecule has 0 saturated heterocycles. The van der Waals surface area contributed by atoms with Crippen molar-refractivity contribution in [3.63, 3.8) is 0 Å². The molecule has 1 saturated carbocycles. The number of benzene rings is 1. The van der Waals surface area contributed by atoms with Crippen molar-refractivity contribution in [2.45, 2.75) is 58.3 Å². The average molecular weight is 368 g/mol. The Hall–Kier alpha value is -2.23. The molecule has 0 aliphatic heterocycles. The maximum atomic E-state index is 13.4. The Kier molecular flexibility index (Phi) is 6.25. The Bertz CT molecular complexity index is 784. The van der Waals surface area contributed by atoms with E-state index in [1.165, 1.54) is 36.1 Å². The van der Waals surface area contributed by atoms with Crippen LogP contribution < -0.4 is 5.32 Å². The van der Waals surface area contributed by atoms with Crippen LogP contribution in [0.25, 0.3) is 11.3 Å². The van der Waals surface area contributed by atoms with Crippen LogP contribution in [0.3, 0.4) is 0 Å². The van der Waals surface area contributed by atoms with E-state index in [1.54, 1.807) is 0 Å². The summed E-state index contributed by atoms with van der Waals surface area (Å²) >= 11 is 0. The van der Waals surface area contributed by atoms with Crippen molar-refractivity contribution in [3.05, 3.63) is 53.0 Å². The molecule has 2 aromatic rings. The molecule has 1 amide bonds. The summed E-state index contributed by atoms with van der Waals surface area (Å²) in [6, 6.07) is 8.89. The van der Waals surface area contributed by atoms with Gasteiger partial charge in [-0.15, -0.1) is 0 Å². The molecule has 144 valence electrons. The highest BCUT2D eigenvalue weighted by Crippen LogP contribution is 2.43. The van der Waals surface area contributed by atoms with E-state index < -0.39 is 0 Å². The number of carbonyl (C=O) groups is 1. The zero-order valence-corrected chi connectivity index (χ0v) is 16.5. The van der Waals surface area contributed by atoms with Gasteiger partial charge in [-0.1, -0.05) is 20.8 Å². The fraction of sp³-hybridized carbons (Fsp3) is 0.478. The van der Waals surface area contributed by atoms with Crippen LogP contribution in [0.4, 0.5) is 4.39 Å². The molecule has 3 nitrogen and oxygen atoms in total. The molecule has 27 heavy (non-hydrogen) atoms. The second kappa shape index (κ2) is 8.64. The van der Waals surface area contributed by atoms with Crippen molar-refractivity contribution >= 4 is 6.41 Å². The molecule has 0 radical (unpaired) electrons. The lowest BCUT2D eigenvalue weighted by molar-refractivity contribution is -0.109. The van der Waals surface area contributed by atoms with E-state index in [2.05, 4.69) is 32.2 Å². The number of aromatic nitrogens is 1. The molecule has 3 rings (SSSR count). The van der Waals surface area contributed by atoms with Crippen molar-refractivity contribution in [2.75, 3.05) is 6.54 Å². The van der Waals surface area contributed by atoms with E-state index in [0.717, 1.165) is 36.2 Å². The Morgan fingerprint density at radius 1 is 1.26 bits per heavy atom. The molecule has 0 spiro atoms. The van der Waals surface area contributed by atoms with Crippen LogP contribution >= 0.6 is 0 Å². The zero-order chi connectivity index (χ0) is 19.4. The maximum Gasteiger partial charge on any atom is 0.207 e. The third kappa shape index (κ3) is 4.37. The van der Waals surface area contributed by atoms with Crippen molar-refractivity contribution in [1.29, 1.82) is 0 Å². The number of carbonyl (C=O) groups excluding carboxylic acids is 1. The third-order valence-electron chi connectivity index (χ3n) is 5.79. The molecular formula is C23H29FN2O. The summed E-state index contributed by atoms with van der Waals surface area (Å²) in [7, 11) is 0. The Labute approximate surface area is 161 Å². The lowest BCUT2D eigenvalue weighted by Gasteiger charge is -2.23. The number of nitrogens with one attached hydrogen (secondary N) is 1. The van der Waals surface area contributed by atoms with Crippen LogP contribution in [-0.4, -0.2) is 17.9 Å². The van der Waals surface area contributed by atoms with E-state index in [4.69, 9.17) is 4.98 Å². The normalized spacial score (nSPS) is 16.0. The number of pyridine rings is 1. The monoisotopic (exact) mass is 368 g/mol. The summed E-state index contributed by atoms with van der Waals surface area (Å²) < 4.78 is 13.4. The van der Waals surface area contributed by atoms with Crippen LogP contribution in [0.15, 0.2) is 30.3 Å². The molecule has 1 aliphatic rings. The molecular weight excluding hydrogens is 339 g/mol. The second-order valence-corrected chi connectivity index (χ2v) is 7.60. The van der Waals surface area contributed by atoms with Gasteiger partial charge in [-0.05, 0) is 79.0 Å². The quantitative estimate of drug-likeness (QED) is 0.618. The summed E-state index contributed by atoms with van der Waals surface area (Å²) in [5.74, 6) is 1.02. The van der Waals surface area contributed by atoms with Gasteiger partial charge in [0, 0.05) is 23.7 Å². The van der Waals surface area contributed by atoms with Gasteiger partial charge in [0.25, 0.3) is 0 Å². The molecule has 1 aliphatic carbocycles. The van der Waals surface area contributed by atoms with Crippen molar-refractivity contribution in [3.8, 4) is 11.3 Å². The fourth-order valence-electron chi connectivity index (χ4n) is 3.87. The number of hydrogen-bond donors (Lipinski definition) is 1. The summed E-state index contributed by atoms with van der Waals surface area (Å²) in [5.41, 5.74) is 5.55. The number of halogens is 1. The predicted octanol–water partition coefficient (Wildman–Crippen LogP) is 5.20. The van der Waals surface area contributed by atoms with Crippen LogP contribution in [0.2, 0.25) is 0 Å². The maximum absolute atomic E-state index is 13.4. The van der Waals surface area contributed by atoms with Gasteiger partial charge in [0.15, 0.2) is 0 Å². The van der Waals surface area contributed by atoms with Gasteiger partial charge < -0.3 is 5.32 Å². The Balaban J connectivity index is 2.14. The third-order valence-corrected chi connectivity index (χ3v) is 5.79. The average Bonchev–Trinajstić information content (AvgIpc) is 3.52. The molecule has 1 N–H and O–H groups in total. The fourth-order valence-corrected chi connectivity index (χ4v) is 3.87. The first kappa shape index (κ1) is 19.5. The minimum Gasteiger partial charge on any atom is -0.358 e. The topological polar surface area (TPSA) is 42.0 Å². The summed E-state index contributed by atoms with van der Waals surface area (Å²) in [5, 5.41) is 2.86. The molecule has 1 heterocycles. The number of nitrogens with zero attached hydrogens (tertiary/aromatic N) is 1. The van der Waals surface area contributed by atoms with Crippen molar-refractivity contribution in [1.82, 2.24) is 10.3 Å². The molecule has 1 fully saturated rings.